The maximum atomic E-state index is 13.0. The summed E-state index contributed by atoms with van der Waals surface area (Å²) < 4.78 is 13.0. The number of aliphatic hydroxyl groups excluding tert-OH is 2. The van der Waals surface area contributed by atoms with Crippen molar-refractivity contribution in [3.63, 3.8) is 0 Å². The fraction of sp³-hybridized carbons (Fsp3) is 0.368. The van der Waals surface area contributed by atoms with Gasteiger partial charge in [0.25, 0.3) is 11.5 Å². The average molecular weight is 404 g/mol. The molecule has 1 aliphatic heterocycles. The van der Waals surface area contributed by atoms with E-state index in [0.29, 0.717) is 5.56 Å². The van der Waals surface area contributed by atoms with Crippen LogP contribution in [0.3, 0.4) is 0 Å². The predicted molar refractivity (Wildman–Crippen MR) is 99.1 cm³/mol. The molecule has 10 heteroatoms. The van der Waals surface area contributed by atoms with Crippen LogP contribution in [0.25, 0.3) is 0 Å². The number of carbonyl (C=O) groups excluding carboxylic acids is 2. The van der Waals surface area contributed by atoms with E-state index in [1.807, 2.05) is 0 Å². The number of benzene rings is 1. The van der Waals surface area contributed by atoms with Crippen LogP contribution in [0.15, 0.2) is 29.1 Å². The van der Waals surface area contributed by atoms with Gasteiger partial charge in [-0.2, -0.15) is 0 Å². The van der Waals surface area contributed by atoms with E-state index < -0.39 is 36.0 Å². The summed E-state index contributed by atoms with van der Waals surface area (Å²) in [4.78, 5) is 44.9. The quantitative estimate of drug-likeness (QED) is 0.553. The number of rotatable bonds is 5. The number of nitrogens with zero attached hydrogens (tertiary/aromatic N) is 2. The van der Waals surface area contributed by atoms with Gasteiger partial charge in [0, 0.05) is 26.4 Å². The zero-order valence-corrected chi connectivity index (χ0v) is 15.7. The molecule has 1 aromatic carbocycles. The Balaban J connectivity index is 1.89. The molecule has 29 heavy (non-hydrogen) atoms. The third-order valence-electron chi connectivity index (χ3n) is 4.77. The Hall–Kier alpha value is -3.11. The molecule has 1 aromatic heterocycles. The predicted octanol–water partition coefficient (Wildman–Crippen LogP) is -0.0145. The number of nitrogens with one attached hydrogen (secondary N) is 2. The van der Waals surface area contributed by atoms with Crippen molar-refractivity contribution in [1.29, 1.82) is 0 Å². The highest BCUT2D eigenvalue weighted by molar-refractivity contribution is 5.93. The minimum atomic E-state index is -0.775. The molecular weight excluding hydrogens is 383 g/mol. The number of hydrogen-bond acceptors (Lipinski definition) is 6. The summed E-state index contributed by atoms with van der Waals surface area (Å²) in [5, 5.41) is 22.0. The Bertz CT molecular complexity index is 976. The lowest BCUT2D eigenvalue weighted by atomic mass is 10.1. The molecule has 3 rings (SSSR count). The van der Waals surface area contributed by atoms with Gasteiger partial charge in [-0.25, -0.2) is 9.37 Å². The molecule has 2 atom stereocenters. The van der Waals surface area contributed by atoms with E-state index in [1.54, 1.807) is 0 Å². The summed E-state index contributed by atoms with van der Waals surface area (Å²) in [6.45, 7) is 0.792. The first-order valence-electron chi connectivity index (χ1n) is 9.02. The van der Waals surface area contributed by atoms with E-state index in [-0.39, 0.29) is 42.5 Å². The molecule has 154 valence electrons. The summed E-state index contributed by atoms with van der Waals surface area (Å²) >= 11 is 0. The molecule has 0 spiro atoms. The number of amides is 2. The van der Waals surface area contributed by atoms with E-state index in [9.17, 15) is 29.0 Å². The van der Waals surface area contributed by atoms with Crippen molar-refractivity contribution < 1.29 is 24.2 Å². The minimum Gasteiger partial charge on any atom is -0.391 e. The smallest absolute Gasteiger partial charge is 0.270 e. The van der Waals surface area contributed by atoms with E-state index in [1.165, 1.54) is 36.1 Å². The summed E-state index contributed by atoms with van der Waals surface area (Å²) in [6, 6.07) is 4.83. The second-order valence-electron chi connectivity index (χ2n) is 6.82. The largest absolute Gasteiger partial charge is 0.391 e. The van der Waals surface area contributed by atoms with Gasteiger partial charge < -0.3 is 25.4 Å². The van der Waals surface area contributed by atoms with Gasteiger partial charge in [-0.1, -0.05) is 12.1 Å². The highest BCUT2D eigenvalue weighted by Gasteiger charge is 2.36. The van der Waals surface area contributed by atoms with Gasteiger partial charge >= 0.3 is 0 Å². The third-order valence-corrected chi connectivity index (χ3v) is 4.77. The molecule has 1 saturated heterocycles. The second-order valence-corrected chi connectivity index (χ2v) is 6.82. The Labute approximate surface area is 165 Å². The topological polar surface area (TPSA) is 136 Å². The van der Waals surface area contributed by atoms with Crippen LogP contribution in [0.2, 0.25) is 0 Å². The average Bonchev–Trinajstić information content (AvgIpc) is 3.09. The van der Waals surface area contributed by atoms with Gasteiger partial charge in [0.1, 0.15) is 17.3 Å². The van der Waals surface area contributed by atoms with Crippen molar-refractivity contribution in [2.24, 2.45) is 0 Å². The molecule has 0 bridgehead atoms. The molecule has 1 fully saturated rings. The van der Waals surface area contributed by atoms with Crippen LogP contribution < -0.4 is 10.9 Å². The van der Waals surface area contributed by atoms with Crippen LogP contribution in [0.5, 0.6) is 0 Å². The van der Waals surface area contributed by atoms with Crippen LogP contribution >= 0.6 is 0 Å². The van der Waals surface area contributed by atoms with Gasteiger partial charge in [-0.05, 0) is 17.7 Å². The zero-order valence-electron chi connectivity index (χ0n) is 15.7. The first-order valence-corrected chi connectivity index (χ1v) is 9.02. The lowest BCUT2D eigenvalue weighted by Gasteiger charge is -2.22. The molecule has 0 radical (unpaired) electrons. The fourth-order valence-corrected chi connectivity index (χ4v) is 3.30. The first kappa shape index (κ1) is 20.6. The number of carbonyl (C=O) groups is 2. The van der Waals surface area contributed by atoms with Crippen LogP contribution in [0.4, 0.5) is 4.39 Å². The minimum absolute atomic E-state index is 0.0610. The van der Waals surface area contributed by atoms with Crippen molar-refractivity contribution in [2.45, 2.75) is 38.6 Å². The number of aromatic amines is 1. The second kappa shape index (κ2) is 8.50. The maximum absolute atomic E-state index is 13.0. The number of aliphatic hydroxyl groups is 2. The van der Waals surface area contributed by atoms with Crippen LogP contribution in [-0.4, -0.2) is 49.5 Å². The number of β-amino-alcohol motifs (C(OH)–C–C–N with tert-alkyl or cyclic N) is 1. The van der Waals surface area contributed by atoms with Gasteiger partial charge in [0.2, 0.25) is 5.91 Å². The van der Waals surface area contributed by atoms with Crippen molar-refractivity contribution >= 4 is 11.8 Å². The normalized spacial score (nSPS) is 18.7. The Morgan fingerprint density at radius 1 is 1.34 bits per heavy atom. The first-order chi connectivity index (χ1) is 13.8. The molecular formula is C19H21FN4O5. The Kier molecular flexibility index (Phi) is 6.04. The highest BCUT2D eigenvalue weighted by Crippen LogP contribution is 2.30. The van der Waals surface area contributed by atoms with E-state index in [4.69, 9.17) is 0 Å². The molecule has 2 amide bonds. The van der Waals surface area contributed by atoms with E-state index >= 15 is 0 Å². The Morgan fingerprint density at radius 3 is 2.66 bits per heavy atom. The van der Waals surface area contributed by atoms with Crippen molar-refractivity contribution in [1.82, 2.24) is 20.2 Å². The van der Waals surface area contributed by atoms with Gasteiger partial charge in [0.05, 0.1) is 24.3 Å². The van der Waals surface area contributed by atoms with Crippen LogP contribution in [0.1, 0.15) is 46.8 Å². The zero-order chi connectivity index (χ0) is 21.1. The number of halogens is 1. The molecule has 4 N–H and O–H groups in total. The van der Waals surface area contributed by atoms with Gasteiger partial charge in [-0.3, -0.25) is 14.4 Å². The van der Waals surface area contributed by atoms with E-state index in [0.717, 1.165) is 0 Å². The standard InChI is InChI=1S/C19H21FN4O5/c1-10(26)24-8-13(27)6-15(24)17-22-16(14(9-25)18(28)23-17)19(29)21-7-11-2-4-12(20)5-3-11/h2-5,13,15,25,27H,6-9H2,1H3,(H,21,29)(H,22,23,28). The molecule has 9 nitrogen and oxygen atoms in total. The molecule has 2 unspecified atom stereocenters. The number of hydrogen-bond donors (Lipinski definition) is 4. The summed E-state index contributed by atoms with van der Waals surface area (Å²) in [5.74, 6) is -1.34. The monoisotopic (exact) mass is 404 g/mol. The molecule has 0 aliphatic carbocycles. The van der Waals surface area contributed by atoms with Crippen molar-refractivity contribution in [3.8, 4) is 0 Å². The van der Waals surface area contributed by atoms with Crippen LogP contribution in [-0.2, 0) is 17.9 Å². The van der Waals surface area contributed by atoms with Crippen molar-refractivity contribution in [2.75, 3.05) is 6.54 Å². The number of aromatic nitrogens is 2. The van der Waals surface area contributed by atoms with Crippen LogP contribution in [0, 0.1) is 5.82 Å². The third kappa shape index (κ3) is 4.49. The number of H-pyrrole nitrogens is 1. The van der Waals surface area contributed by atoms with E-state index in [2.05, 4.69) is 15.3 Å². The van der Waals surface area contributed by atoms with Gasteiger partial charge in [0.15, 0.2) is 0 Å². The molecule has 1 aliphatic rings. The SMILES string of the molecule is CC(=O)N1CC(O)CC1c1nc(C(=O)NCc2ccc(F)cc2)c(CO)c(=O)[nH]1. The summed E-state index contributed by atoms with van der Waals surface area (Å²) in [5.41, 5.74) is -0.539. The van der Waals surface area contributed by atoms with Gasteiger partial charge in [-0.15, -0.1) is 0 Å². The molecule has 2 heterocycles. The fourth-order valence-electron chi connectivity index (χ4n) is 3.30. The maximum Gasteiger partial charge on any atom is 0.270 e. The lowest BCUT2D eigenvalue weighted by molar-refractivity contribution is -0.130. The Morgan fingerprint density at radius 2 is 2.03 bits per heavy atom. The summed E-state index contributed by atoms with van der Waals surface area (Å²) in [7, 11) is 0. The van der Waals surface area contributed by atoms with Crippen molar-refractivity contribution in [3.05, 3.63) is 63.1 Å². The number of likely N-dealkylation sites (tertiary alicyclic amines) is 1. The molecule has 0 saturated carbocycles. The summed E-state index contributed by atoms with van der Waals surface area (Å²) in [6.07, 6.45) is -0.611. The highest BCUT2D eigenvalue weighted by atomic mass is 19.1. The molecule has 2 aromatic rings. The lowest BCUT2D eigenvalue weighted by Crippen LogP contribution is -2.34.